The fraction of sp³-hybridized carbons (Fsp3) is 0.462. The molecule has 0 heterocycles. The molecule has 0 bridgehead atoms. The van der Waals surface area contributed by atoms with Crippen LogP contribution in [0.3, 0.4) is 0 Å². The van der Waals surface area contributed by atoms with E-state index in [0.717, 1.165) is 4.31 Å². The highest BCUT2D eigenvalue weighted by atomic mass is 32.2. The van der Waals surface area contributed by atoms with Gasteiger partial charge < -0.3 is 10.8 Å². The zero-order chi connectivity index (χ0) is 15.5. The number of sulfonamides is 1. The van der Waals surface area contributed by atoms with E-state index in [2.05, 4.69) is 0 Å². The molecular weight excluding hydrogens is 280 g/mol. The Bertz CT molecular complexity index is 596. The van der Waals surface area contributed by atoms with Crippen LogP contribution in [0.1, 0.15) is 30.6 Å². The van der Waals surface area contributed by atoms with Crippen molar-refractivity contribution in [3.05, 3.63) is 23.8 Å². The van der Waals surface area contributed by atoms with Gasteiger partial charge in [-0.3, -0.25) is 4.31 Å². The van der Waals surface area contributed by atoms with Gasteiger partial charge >= 0.3 is 5.97 Å². The van der Waals surface area contributed by atoms with E-state index in [4.69, 9.17) is 10.8 Å². The van der Waals surface area contributed by atoms with Crippen molar-refractivity contribution < 1.29 is 18.3 Å². The third-order valence-electron chi connectivity index (χ3n) is 2.96. The van der Waals surface area contributed by atoms with Crippen LogP contribution < -0.4 is 10.0 Å². The third-order valence-corrected chi connectivity index (χ3v) is 4.74. The Morgan fingerprint density at radius 1 is 1.40 bits per heavy atom. The summed E-state index contributed by atoms with van der Waals surface area (Å²) < 4.78 is 25.4. The molecule has 1 aromatic carbocycles. The molecule has 1 aromatic rings. The number of aromatic carboxylic acids is 1. The molecule has 1 rings (SSSR count). The number of hydrogen-bond acceptors (Lipinski definition) is 4. The van der Waals surface area contributed by atoms with E-state index in [9.17, 15) is 13.2 Å². The first-order chi connectivity index (χ1) is 9.15. The summed E-state index contributed by atoms with van der Waals surface area (Å²) >= 11 is 0. The van der Waals surface area contributed by atoms with E-state index in [1.54, 1.807) is 0 Å². The molecule has 0 fully saturated rings. The molecule has 0 spiro atoms. The first-order valence-electron chi connectivity index (χ1n) is 6.24. The number of anilines is 2. The quantitative estimate of drug-likeness (QED) is 0.780. The van der Waals surface area contributed by atoms with Gasteiger partial charge in [0.15, 0.2) is 0 Å². The molecule has 0 aromatic heterocycles. The number of carbonyl (C=O) groups is 1. The van der Waals surface area contributed by atoms with Gasteiger partial charge in [0.05, 0.1) is 17.0 Å². The molecule has 0 atom stereocenters. The van der Waals surface area contributed by atoms with E-state index in [0.29, 0.717) is 6.42 Å². The Morgan fingerprint density at radius 3 is 2.50 bits per heavy atom. The number of nitrogens with two attached hydrogens (primary N) is 1. The topological polar surface area (TPSA) is 101 Å². The minimum absolute atomic E-state index is 0.0232. The Morgan fingerprint density at radius 2 is 2.00 bits per heavy atom. The van der Waals surface area contributed by atoms with Crippen molar-refractivity contribution in [3.63, 3.8) is 0 Å². The zero-order valence-corrected chi connectivity index (χ0v) is 12.6. The largest absolute Gasteiger partial charge is 0.478 e. The highest BCUT2D eigenvalue weighted by Gasteiger charge is 2.23. The second-order valence-electron chi connectivity index (χ2n) is 5.05. The monoisotopic (exact) mass is 300 g/mol. The number of carboxylic acid groups (broad SMARTS) is 1. The zero-order valence-electron chi connectivity index (χ0n) is 11.8. The Hall–Kier alpha value is -1.76. The maximum Gasteiger partial charge on any atom is 0.337 e. The van der Waals surface area contributed by atoms with Crippen LogP contribution in [-0.4, -0.2) is 32.3 Å². The number of carboxylic acids is 1. The normalized spacial score (nSPS) is 11.6. The summed E-state index contributed by atoms with van der Waals surface area (Å²) in [5.41, 5.74) is 5.81. The standard InChI is InChI=1S/C13H20N2O4S/c1-9(2)6-7-20(18,19)15(3)12-5-4-10(14)8-11(12)13(16)17/h4-5,8-9H,6-7,14H2,1-3H3,(H,16,17). The second kappa shape index (κ2) is 6.13. The molecule has 0 aliphatic heterocycles. The lowest BCUT2D eigenvalue weighted by molar-refractivity contribution is 0.0698. The second-order valence-corrected chi connectivity index (χ2v) is 7.17. The smallest absolute Gasteiger partial charge is 0.337 e. The molecule has 0 aliphatic rings. The van der Waals surface area contributed by atoms with Crippen LogP contribution >= 0.6 is 0 Å². The van der Waals surface area contributed by atoms with Crippen LogP contribution in [0, 0.1) is 5.92 Å². The van der Waals surface area contributed by atoms with Gasteiger partial charge in [0.2, 0.25) is 10.0 Å². The van der Waals surface area contributed by atoms with E-state index in [1.807, 2.05) is 13.8 Å². The molecule has 112 valence electrons. The number of rotatable bonds is 6. The van der Waals surface area contributed by atoms with Gasteiger partial charge in [0, 0.05) is 12.7 Å². The van der Waals surface area contributed by atoms with Crippen LogP contribution in [0.4, 0.5) is 11.4 Å². The van der Waals surface area contributed by atoms with Crippen molar-refractivity contribution in [1.29, 1.82) is 0 Å². The van der Waals surface area contributed by atoms with Crippen molar-refractivity contribution in [1.82, 2.24) is 0 Å². The van der Waals surface area contributed by atoms with E-state index in [-0.39, 0.29) is 28.6 Å². The number of nitrogen functional groups attached to an aromatic ring is 1. The lowest BCUT2D eigenvalue weighted by Gasteiger charge is -2.22. The maximum atomic E-state index is 12.2. The van der Waals surface area contributed by atoms with Crippen LogP contribution in [-0.2, 0) is 10.0 Å². The first kappa shape index (κ1) is 16.3. The Balaban J connectivity index is 3.14. The highest BCUT2D eigenvalue weighted by Crippen LogP contribution is 2.25. The van der Waals surface area contributed by atoms with E-state index >= 15 is 0 Å². The minimum Gasteiger partial charge on any atom is -0.478 e. The Kier molecular flexibility index (Phi) is 4.99. The van der Waals surface area contributed by atoms with Gasteiger partial charge in [-0.25, -0.2) is 13.2 Å². The van der Waals surface area contributed by atoms with Crippen LogP contribution in [0.25, 0.3) is 0 Å². The van der Waals surface area contributed by atoms with Gasteiger partial charge in [-0.2, -0.15) is 0 Å². The number of nitrogens with zero attached hydrogens (tertiary/aromatic N) is 1. The predicted molar refractivity (Wildman–Crippen MR) is 79.5 cm³/mol. The van der Waals surface area contributed by atoms with E-state index in [1.165, 1.54) is 25.2 Å². The highest BCUT2D eigenvalue weighted by molar-refractivity contribution is 7.92. The molecule has 20 heavy (non-hydrogen) atoms. The van der Waals surface area contributed by atoms with Gasteiger partial charge in [-0.05, 0) is 30.5 Å². The summed E-state index contributed by atoms with van der Waals surface area (Å²) in [6.45, 7) is 3.86. The summed E-state index contributed by atoms with van der Waals surface area (Å²) in [5, 5.41) is 9.15. The van der Waals surface area contributed by atoms with Crippen molar-refractivity contribution in [3.8, 4) is 0 Å². The third kappa shape index (κ3) is 3.86. The average Bonchev–Trinajstić information content (AvgIpc) is 2.35. The maximum absolute atomic E-state index is 12.2. The molecule has 6 nitrogen and oxygen atoms in total. The number of benzene rings is 1. The van der Waals surface area contributed by atoms with Crippen molar-refractivity contribution in [2.45, 2.75) is 20.3 Å². The summed E-state index contributed by atoms with van der Waals surface area (Å²) in [5.74, 6) is -0.980. The molecule has 0 radical (unpaired) electrons. The molecule has 0 amide bonds. The molecule has 3 N–H and O–H groups in total. The molecule has 0 saturated carbocycles. The van der Waals surface area contributed by atoms with Crippen molar-refractivity contribution in [2.75, 3.05) is 22.8 Å². The van der Waals surface area contributed by atoms with Crippen LogP contribution in [0.2, 0.25) is 0 Å². The molecular formula is C13H20N2O4S. The van der Waals surface area contributed by atoms with Gasteiger partial charge in [0.25, 0.3) is 0 Å². The fourth-order valence-corrected chi connectivity index (χ4v) is 3.17. The predicted octanol–water partition coefficient (Wildman–Crippen LogP) is 1.78. The molecule has 0 saturated heterocycles. The fourth-order valence-electron chi connectivity index (χ4n) is 1.67. The molecule has 0 unspecified atom stereocenters. The van der Waals surface area contributed by atoms with Crippen LogP contribution in [0.15, 0.2) is 18.2 Å². The lowest BCUT2D eigenvalue weighted by atomic mass is 10.1. The van der Waals surface area contributed by atoms with Crippen LogP contribution in [0.5, 0.6) is 0 Å². The van der Waals surface area contributed by atoms with Crippen molar-refractivity contribution >= 4 is 27.4 Å². The SMILES string of the molecule is CC(C)CCS(=O)(=O)N(C)c1ccc(N)cc1C(=O)O. The summed E-state index contributed by atoms with van der Waals surface area (Å²) in [6, 6.07) is 4.15. The Labute approximate surface area is 119 Å². The average molecular weight is 300 g/mol. The lowest BCUT2D eigenvalue weighted by Crippen LogP contribution is -2.31. The molecule has 0 aliphatic carbocycles. The summed E-state index contributed by atoms with van der Waals surface area (Å²) in [6.07, 6.45) is 0.518. The number of hydrogen-bond donors (Lipinski definition) is 2. The first-order valence-corrected chi connectivity index (χ1v) is 7.85. The minimum atomic E-state index is -3.55. The summed E-state index contributed by atoms with van der Waals surface area (Å²) in [4.78, 5) is 11.2. The van der Waals surface area contributed by atoms with Gasteiger partial charge in [-0.15, -0.1) is 0 Å². The molecule has 7 heteroatoms. The van der Waals surface area contributed by atoms with Crippen molar-refractivity contribution in [2.24, 2.45) is 5.92 Å². The summed E-state index contributed by atoms with van der Waals surface area (Å²) in [7, 11) is -2.19. The van der Waals surface area contributed by atoms with E-state index < -0.39 is 16.0 Å². The van der Waals surface area contributed by atoms with Gasteiger partial charge in [0.1, 0.15) is 0 Å². The van der Waals surface area contributed by atoms with Gasteiger partial charge in [-0.1, -0.05) is 13.8 Å².